The van der Waals surface area contributed by atoms with Gasteiger partial charge in [-0.1, -0.05) is 36.4 Å². The van der Waals surface area contributed by atoms with Gasteiger partial charge in [-0.15, -0.1) is 0 Å². The third kappa shape index (κ3) is 5.03. The van der Waals surface area contributed by atoms with E-state index in [1.54, 1.807) is 7.11 Å². The fourth-order valence-corrected chi connectivity index (χ4v) is 3.34. The Balaban J connectivity index is 1.55. The normalized spacial score (nSPS) is 16.2. The minimum absolute atomic E-state index is 0.00206. The van der Waals surface area contributed by atoms with E-state index in [0.717, 1.165) is 18.4 Å². The predicted molar refractivity (Wildman–Crippen MR) is 102 cm³/mol. The smallest absolute Gasteiger partial charge is 0.223 e. The van der Waals surface area contributed by atoms with E-state index in [1.165, 1.54) is 10.5 Å². The van der Waals surface area contributed by atoms with Crippen molar-refractivity contribution in [2.24, 2.45) is 5.92 Å². The Bertz CT molecular complexity index is 821. The number of benzene rings is 2. The lowest BCUT2D eigenvalue weighted by atomic mass is 10.1. The van der Waals surface area contributed by atoms with Crippen LogP contribution in [-0.4, -0.2) is 37.0 Å². The molecule has 0 unspecified atom stereocenters. The molecule has 0 aromatic heterocycles. The van der Waals surface area contributed by atoms with E-state index in [9.17, 15) is 14.7 Å². The SMILES string of the molecule is COc1cc(CN2C[C@@H](C(=O)[O-])CC2=O)ccc1OCCCc1ccccc1. The van der Waals surface area contributed by atoms with Gasteiger partial charge < -0.3 is 24.3 Å². The summed E-state index contributed by atoms with van der Waals surface area (Å²) in [5.74, 6) is -0.830. The average Bonchev–Trinajstić information content (AvgIpc) is 3.07. The molecule has 0 saturated carbocycles. The molecular weight excluding hydrogens is 358 g/mol. The van der Waals surface area contributed by atoms with Crippen LogP contribution >= 0.6 is 0 Å². The number of hydrogen-bond donors (Lipinski definition) is 0. The molecule has 0 N–H and O–H groups in total. The Morgan fingerprint density at radius 3 is 2.61 bits per heavy atom. The van der Waals surface area contributed by atoms with Crippen molar-refractivity contribution in [3.05, 3.63) is 59.7 Å². The fraction of sp³-hybridized carbons (Fsp3) is 0.364. The van der Waals surface area contributed by atoms with Crippen molar-refractivity contribution in [1.82, 2.24) is 4.90 Å². The quantitative estimate of drug-likeness (QED) is 0.618. The van der Waals surface area contributed by atoms with Crippen molar-refractivity contribution >= 4 is 11.9 Å². The van der Waals surface area contributed by atoms with Gasteiger partial charge in [-0.2, -0.15) is 0 Å². The summed E-state index contributed by atoms with van der Waals surface area (Å²) in [5, 5.41) is 11.0. The summed E-state index contributed by atoms with van der Waals surface area (Å²) >= 11 is 0. The lowest BCUT2D eigenvalue weighted by Crippen LogP contribution is -2.33. The summed E-state index contributed by atoms with van der Waals surface area (Å²) in [6.07, 6.45) is 1.84. The van der Waals surface area contributed by atoms with Gasteiger partial charge >= 0.3 is 0 Å². The highest BCUT2D eigenvalue weighted by molar-refractivity contribution is 5.85. The Hall–Kier alpha value is -3.02. The van der Waals surface area contributed by atoms with Crippen LogP contribution in [0.3, 0.4) is 0 Å². The summed E-state index contributed by atoms with van der Waals surface area (Å²) in [5.41, 5.74) is 2.14. The van der Waals surface area contributed by atoms with Crippen molar-refractivity contribution in [3.63, 3.8) is 0 Å². The first-order valence-electron chi connectivity index (χ1n) is 9.39. The van der Waals surface area contributed by atoms with Crippen LogP contribution in [0.25, 0.3) is 0 Å². The van der Waals surface area contributed by atoms with Crippen LogP contribution in [0.2, 0.25) is 0 Å². The first-order chi connectivity index (χ1) is 13.6. The van der Waals surface area contributed by atoms with E-state index in [0.29, 0.717) is 24.7 Å². The number of carbonyl (C=O) groups is 2. The van der Waals surface area contributed by atoms with Gasteiger partial charge in [0, 0.05) is 31.4 Å². The van der Waals surface area contributed by atoms with Crippen molar-refractivity contribution < 1.29 is 24.2 Å². The highest BCUT2D eigenvalue weighted by Gasteiger charge is 2.30. The summed E-state index contributed by atoms with van der Waals surface area (Å²) in [4.78, 5) is 24.5. The van der Waals surface area contributed by atoms with Crippen molar-refractivity contribution in [2.75, 3.05) is 20.3 Å². The molecule has 1 amide bonds. The van der Waals surface area contributed by atoms with Crippen molar-refractivity contribution in [2.45, 2.75) is 25.8 Å². The molecule has 28 heavy (non-hydrogen) atoms. The highest BCUT2D eigenvalue weighted by Crippen LogP contribution is 2.30. The topological polar surface area (TPSA) is 78.9 Å². The molecule has 0 bridgehead atoms. The Morgan fingerprint density at radius 1 is 1.14 bits per heavy atom. The van der Waals surface area contributed by atoms with Crippen LogP contribution in [-0.2, 0) is 22.6 Å². The zero-order valence-electron chi connectivity index (χ0n) is 15.9. The van der Waals surface area contributed by atoms with E-state index in [-0.39, 0.29) is 18.9 Å². The highest BCUT2D eigenvalue weighted by atomic mass is 16.5. The Labute approximate surface area is 164 Å². The summed E-state index contributed by atoms with van der Waals surface area (Å²) in [6.45, 7) is 1.09. The van der Waals surface area contributed by atoms with Gasteiger partial charge in [0.25, 0.3) is 0 Å². The van der Waals surface area contributed by atoms with E-state index < -0.39 is 11.9 Å². The first-order valence-corrected chi connectivity index (χ1v) is 9.39. The molecule has 1 atom stereocenters. The average molecular weight is 382 g/mol. The molecule has 6 heteroatoms. The van der Waals surface area contributed by atoms with Crippen LogP contribution in [0.1, 0.15) is 24.0 Å². The van der Waals surface area contributed by atoms with Gasteiger partial charge in [0.15, 0.2) is 11.5 Å². The zero-order chi connectivity index (χ0) is 19.9. The van der Waals surface area contributed by atoms with Gasteiger partial charge in [-0.25, -0.2) is 0 Å². The molecule has 0 radical (unpaired) electrons. The van der Waals surface area contributed by atoms with Gasteiger partial charge in [-0.05, 0) is 36.1 Å². The number of ether oxygens (including phenoxy) is 2. The number of rotatable bonds is 9. The van der Waals surface area contributed by atoms with Crippen LogP contribution in [0, 0.1) is 5.92 Å². The van der Waals surface area contributed by atoms with Crippen LogP contribution in [0.5, 0.6) is 11.5 Å². The van der Waals surface area contributed by atoms with E-state index >= 15 is 0 Å². The molecular formula is C22H24NO5-. The largest absolute Gasteiger partial charge is 0.550 e. The van der Waals surface area contributed by atoms with Gasteiger partial charge in [-0.3, -0.25) is 4.79 Å². The number of carbonyl (C=O) groups excluding carboxylic acids is 2. The van der Waals surface area contributed by atoms with Gasteiger partial charge in [0.1, 0.15) is 0 Å². The number of amides is 1. The monoisotopic (exact) mass is 382 g/mol. The maximum atomic E-state index is 12.0. The predicted octanol–water partition coefficient (Wildman–Crippen LogP) is 1.81. The molecule has 3 rings (SSSR count). The number of carboxylic acids is 1. The molecule has 1 fully saturated rings. The Kier molecular flexibility index (Phi) is 6.53. The summed E-state index contributed by atoms with van der Waals surface area (Å²) in [6, 6.07) is 15.8. The van der Waals surface area contributed by atoms with E-state index in [4.69, 9.17) is 9.47 Å². The Morgan fingerprint density at radius 2 is 1.93 bits per heavy atom. The lowest BCUT2D eigenvalue weighted by molar-refractivity contribution is -0.311. The number of likely N-dealkylation sites (tertiary alicyclic amines) is 1. The number of carboxylic acid groups (broad SMARTS) is 1. The number of hydrogen-bond acceptors (Lipinski definition) is 5. The standard InChI is InChI=1S/C22H25NO5/c1-27-20-12-17(14-23-15-18(22(25)26)13-21(23)24)9-10-19(20)28-11-5-8-16-6-3-2-4-7-16/h2-4,6-7,9-10,12,18H,5,8,11,13-15H2,1H3,(H,25,26)/p-1/t18-/m0/s1. The third-order valence-corrected chi connectivity index (χ3v) is 4.86. The molecule has 1 aliphatic rings. The summed E-state index contributed by atoms with van der Waals surface area (Å²) in [7, 11) is 1.57. The molecule has 1 saturated heterocycles. The minimum atomic E-state index is -1.17. The zero-order valence-corrected chi connectivity index (χ0v) is 15.9. The number of aryl methyl sites for hydroxylation is 1. The second-order valence-electron chi connectivity index (χ2n) is 6.92. The van der Waals surface area contributed by atoms with Crippen LogP contribution < -0.4 is 14.6 Å². The first kappa shape index (κ1) is 19.7. The minimum Gasteiger partial charge on any atom is -0.550 e. The van der Waals surface area contributed by atoms with E-state index in [1.807, 2.05) is 36.4 Å². The molecule has 0 aliphatic carbocycles. The molecule has 148 valence electrons. The fourth-order valence-electron chi connectivity index (χ4n) is 3.34. The van der Waals surface area contributed by atoms with Crippen LogP contribution in [0.4, 0.5) is 0 Å². The van der Waals surface area contributed by atoms with Crippen LogP contribution in [0.15, 0.2) is 48.5 Å². The maximum absolute atomic E-state index is 12.0. The molecule has 1 heterocycles. The number of nitrogens with zero attached hydrogens (tertiary/aromatic N) is 1. The number of methoxy groups -OCH3 is 1. The second kappa shape index (κ2) is 9.26. The number of aliphatic carboxylic acids is 1. The van der Waals surface area contributed by atoms with Crippen molar-refractivity contribution in [3.8, 4) is 11.5 Å². The molecule has 0 spiro atoms. The third-order valence-electron chi connectivity index (χ3n) is 4.86. The maximum Gasteiger partial charge on any atom is 0.223 e. The van der Waals surface area contributed by atoms with Gasteiger partial charge in [0.05, 0.1) is 13.7 Å². The molecule has 2 aromatic carbocycles. The molecule has 2 aromatic rings. The second-order valence-corrected chi connectivity index (χ2v) is 6.92. The van der Waals surface area contributed by atoms with Crippen molar-refractivity contribution in [1.29, 1.82) is 0 Å². The summed E-state index contributed by atoms with van der Waals surface area (Å²) < 4.78 is 11.3. The molecule has 1 aliphatic heterocycles. The van der Waals surface area contributed by atoms with Gasteiger partial charge in [0.2, 0.25) is 5.91 Å². The molecule has 6 nitrogen and oxygen atoms in total. The lowest BCUT2D eigenvalue weighted by Gasteiger charge is -2.18. The van der Waals surface area contributed by atoms with E-state index in [2.05, 4.69) is 12.1 Å².